The highest BCUT2D eigenvalue weighted by Crippen LogP contribution is 2.43. The Kier molecular flexibility index (Phi) is 7.70. The first-order valence-corrected chi connectivity index (χ1v) is 13.7. The van der Waals surface area contributed by atoms with Crippen molar-refractivity contribution in [1.29, 1.82) is 0 Å². The number of rotatable bonds is 8. The standard InChI is InChI=1S/C32H43NO5/c1-10-31(11-2,25-17-22(4)28-23(18-25)19-27(38-28)29(34)33(8)9)24-12-13-26(21(3)16-24)35-20-32(30(5,6)7)36-14-15-37-32/h12-13,16-19H,10-11,14-15,20H2,1-9H3. The van der Waals surface area contributed by atoms with Crippen molar-refractivity contribution in [2.24, 2.45) is 5.41 Å². The first-order valence-electron chi connectivity index (χ1n) is 13.7. The lowest BCUT2D eigenvalue weighted by atomic mass is 9.70. The van der Waals surface area contributed by atoms with Crippen molar-refractivity contribution in [3.8, 4) is 5.75 Å². The van der Waals surface area contributed by atoms with Crippen molar-refractivity contribution in [3.63, 3.8) is 0 Å². The van der Waals surface area contributed by atoms with E-state index in [1.54, 1.807) is 14.1 Å². The van der Waals surface area contributed by atoms with Gasteiger partial charge in [-0.1, -0.05) is 52.8 Å². The average Bonchev–Trinajstić information content (AvgIpc) is 3.52. The number of aryl methyl sites for hydroxylation is 2. The highest BCUT2D eigenvalue weighted by molar-refractivity contribution is 5.96. The summed E-state index contributed by atoms with van der Waals surface area (Å²) in [6.07, 6.45) is 1.87. The number of benzene rings is 2. The fourth-order valence-corrected chi connectivity index (χ4v) is 5.63. The van der Waals surface area contributed by atoms with E-state index in [2.05, 4.69) is 78.8 Å². The molecule has 3 aromatic rings. The van der Waals surface area contributed by atoms with Crippen LogP contribution >= 0.6 is 0 Å². The molecule has 0 spiro atoms. The molecule has 1 aromatic heterocycles. The van der Waals surface area contributed by atoms with E-state index < -0.39 is 5.79 Å². The second kappa shape index (κ2) is 10.4. The summed E-state index contributed by atoms with van der Waals surface area (Å²) in [5.74, 6) is 0.321. The number of carbonyl (C=O) groups excluding carboxylic acids is 1. The minimum absolute atomic E-state index is 0.132. The summed E-state index contributed by atoms with van der Waals surface area (Å²) < 4.78 is 24.4. The van der Waals surface area contributed by atoms with E-state index >= 15 is 0 Å². The Morgan fingerprint density at radius 1 is 0.947 bits per heavy atom. The molecule has 38 heavy (non-hydrogen) atoms. The van der Waals surface area contributed by atoms with Crippen molar-refractivity contribution < 1.29 is 23.4 Å². The SMILES string of the molecule is CCC(CC)(c1ccc(OCC2(C(C)(C)C)OCCO2)c(C)c1)c1cc(C)c2oc(C(=O)N(C)C)cc2c1. The van der Waals surface area contributed by atoms with Gasteiger partial charge in [0.25, 0.3) is 5.91 Å². The van der Waals surface area contributed by atoms with Gasteiger partial charge in [0.1, 0.15) is 17.9 Å². The quantitative estimate of drug-likeness (QED) is 0.319. The zero-order valence-corrected chi connectivity index (χ0v) is 24.5. The van der Waals surface area contributed by atoms with Gasteiger partial charge in [-0.3, -0.25) is 4.79 Å². The van der Waals surface area contributed by atoms with Gasteiger partial charge in [-0.05, 0) is 67.1 Å². The Labute approximate surface area is 227 Å². The third-order valence-corrected chi connectivity index (χ3v) is 8.22. The molecule has 0 bridgehead atoms. The Morgan fingerprint density at radius 3 is 2.13 bits per heavy atom. The number of nitrogens with zero attached hydrogens (tertiary/aromatic N) is 1. The van der Waals surface area contributed by atoms with E-state index in [4.69, 9.17) is 18.6 Å². The van der Waals surface area contributed by atoms with Gasteiger partial charge in [-0.2, -0.15) is 0 Å². The number of carbonyl (C=O) groups is 1. The summed E-state index contributed by atoms with van der Waals surface area (Å²) in [7, 11) is 3.47. The number of furan rings is 1. The molecule has 6 nitrogen and oxygen atoms in total. The van der Waals surface area contributed by atoms with Crippen LogP contribution in [0.4, 0.5) is 0 Å². The predicted octanol–water partition coefficient (Wildman–Crippen LogP) is 7.03. The molecule has 4 rings (SSSR count). The monoisotopic (exact) mass is 521 g/mol. The molecule has 206 valence electrons. The lowest BCUT2D eigenvalue weighted by Crippen LogP contribution is -2.49. The van der Waals surface area contributed by atoms with Crippen LogP contribution in [0.3, 0.4) is 0 Å². The molecular formula is C32H43NO5. The maximum atomic E-state index is 12.5. The number of amides is 1. The molecule has 6 heteroatoms. The number of hydrogen-bond donors (Lipinski definition) is 0. The van der Waals surface area contributed by atoms with Crippen LogP contribution in [0.1, 0.15) is 80.3 Å². The van der Waals surface area contributed by atoms with Crippen molar-refractivity contribution in [2.45, 2.75) is 72.5 Å². The Bertz CT molecular complexity index is 1300. The Morgan fingerprint density at radius 2 is 1.58 bits per heavy atom. The summed E-state index contributed by atoms with van der Waals surface area (Å²) in [6.45, 7) is 16.5. The van der Waals surface area contributed by atoms with E-state index in [9.17, 15) is 4.79 Å². The summed E-state index contributed by atoms with van der Waals surface area (Å²) in [6, 6.07) is 12.8. The maximum absolute atomic E-state index is 12.5. The average molecular weight is 522 g/mol. The third kappa shape index (κ3) is 4.85. The van der Waals surface area contributed by atoms with E-state index in [0.29, 0.717) is 25.6 Å². The maximum Gasteiger partial charge on any atom is 0.289 e. The molecule has 1 saturated heterocycles. The number of hydrogen-bond acceptors (Lipinski definition) is 5. The van der Waals surface area contributed by atoms with Gasteiger partial charge in [0.2, 0.25) is 5.79 Å². The van der Waals surface area contributed by atoms with Crippen molar-refractivity contribution in [3.05, 3.63) is 64.4 Å². The molecule has 0 atom stereocenters. The van der Waals surface area contributed by atoms with Crippen molar-refractivity contribution in [1.82, 2.24) is 4.90 Å². The highest BCUT2D eigenvalue weighted by Gasteiger charge is 2.48. The lowest BCUT2D eigenvalue weighted by molar-refractivity contribution is -0.237. The molecule has 0 radical (unpaired) electrons. The van der Waals surface area contributed by atoms with E-state index in [1.807, 2.05) is 6.07 Å². The van der Waals surface area contributed by atoms with Gasteiger partial charge in [0.05, 0.1) is 13.2 Å². The first kappa shape index (κ1) is 28.2. The summed E-state index contributed by atoms with van der Waals surface area (Å²) in [5.41, 5.74) is 4.96. The number of fused-ring (bicyclic) bond motifs is 1. The summed E-state index contributed by atoms with van der Waals surface area (Å²) >= 11 is 0. The topological polar surface area (TPSA) is 61.1 Å². The van der Waals surface area contributed by atoms with Gasteiger partial charge in [0, 0.05) is 30.3 Å². The molecule has 2 aromatic carbocycles. The van der Waals surface area contributed by atoms with Gasteiger partial charge >= 0.3 is 0 Å². The van der Waals surface area contributed by atoms with Crippen LogP contribution in [0.2, 0.25) is 0 Å². The molecule has 0 saturated carbocycles. The minimum atomic E-state index is -0.751. The second-order valence-corrected chi connectivity index (χ2v) is 11.8. The van der Waals surface area contributed by atoms with Gasteiger partial charge in [0.15, 0.2) is 5.76 Å². The first-order chi connectivity index (χ1) is 17.9. The normalized spacial score (nSPS) is 15.7. The van der Waals surface area contributed by atoms with Crippen LogP contribution in [0.25, 0.3) is 11.0 Å². The molecule has 1 fully saturated rings. The van der Waals surface area contributed by atoms with Gasteiger partial charge in [-0.25, -0.2) is 0 Å². The van der Waals surface area contributed by atoms with Crippen LogP contribution in [-0.2, 0) is 14.9 Å². The van der Waals surface area contributed by atoms with Crippen molar-refractivity contribution >= 4 is 16.9 Å². The largest absolute Gasteiger partial charge is 0.488 e. The van der Waals surface area contributed by atoms with Gasteiger partial charge < -0.3 is 23.5 Å². The van der Waals surface area contributed by atoms with Crippen LogP contribution in [0, 0.1) is 19.3 Å². The zero-order valence-electron chi connectivity index (χ0n) is 24.5. The summed E-state index contributed by atoms with van der Waals surface area (Å²) in [5, 5.41) is 0.956. The molecule has 0 N–H and O–H groups in total. The van der Waals surface area contributed by atoms with Crippen molar-refractivity contribution in [2.75, 3.05) is 33.9 Å². The van der Waals surface area contributed by atoms with Crippen LogP contribution < -0.4 is 4.74 Å². The number of ether oxygens (including phenoxy) is 3. The van der Waals surface area contributed by atoms with E-state index in [1.165, 1.54) is 16.0 Å². The minimum Gasteiger partial charge on any atom is -0.488 e. The molecule has 1 aliphatic rings. The van der Waals surface area contributed by atoms with Crippen LogP contribution in [0.5, 0.6) is 5.75 Å². The fourth-order valence-electron chi connectivity index (χ4n) is 5.63. The highest BCUT2D eigenvalue weighted by atomic mass is 16.8. The van der Waals surface area contributed by atoms with E-state index in [-0.39, 0.29) is 16.7 Å². The van der Waals surface area contributed by atoms with Crippen LogP contribution in [-0.4, -0.2) is 50.5 Å². The Balaban J connectivity index is 1.68. The molecule has 0 aliphatic carbocycles. The van der Waals surface area contributed by atoms with Gasteiger partial charge in [-0.15, -0.1) is 0 Å². The smallest absolute Gasteiger partial charge is 0.289 e. The molecular weight excluding hydrogens is 478 g/mol. The summed E-state index contributed by atoms with van der Waals surface area (Å²) in [4.78, 5) is 14.1. The molecule has 1 aliphatic heterocycles. The van der Waals surface area contributed by atoms with E-state index in [0.717, 1.165) is 40.7 Å². The Hall–Kier alpha value is -2.83. The fraction of sp³-hybridized carbons (Fsp3) is 0.531. The molecule has 1 amide bonds. The predicted molar refractivity (Wildman–Crippen MR) is 151 cm³/mol. The van der Waals surface area contributed by atoms with Crippen LogP contribution in [0.15, 0.2) is 40.8 Å². The second-order valence-electron chi connectivity index (χ2n) is 11.8. The zero-order chi connectivity index (χ0) is 27.9. The molecule has 0 unspecified atom stereocenters. The third-order valence-electron chi connectivity index (χ3n) is 8.22. The lowest BCUT2D eigenvalue weighted by Gasteiger charge is -2.39. The molecule has 2 heterocycles.